The molecule has 0 heterocycles. The summed E-state index contributed by atoms with van der Waals surface area (Å²) in [5, 5.41) is 2.85. The van der Waals surface area contributed by atoms with Gasteiger partial charge in [-0.15, -0.1) is 0 Å². The smallest absolute Gasteiger partial charge is 0.207 e. The van der Waals surface area contributed by atoms with E-state index in [1.165, 1.54) is 0 Å². The summed E-state index contributed by atoms with van der Waals surface area (Å²) in [6, 6.07) is 17.7. The first-order valence-corrected chi connectivity index (χ1v) is 6.11. The molecule has 1 amide bonds. The second-order valence-corrected chi connectivity index (χ2v) is 4.50. The minimum absolute atomic E-state index is 0.121. The van der Waals surface area contributed by atoms with Gasteiger partial charge in [-0.1, -0.05) is 64.5 Å². The highest BCUT2D eigenvalue weighted by atomic mass is 79.9. The van der Waals surface area contributed by atoms with Gasteiger partial charge in [-0.2, -0.15) is 0 Å². The third kappa shape index (κ3) is 2.74. The molecule has 0 spiro atoms. The van der Waals surface area contributed by atoms with Gasteiger partial charge in [0.15, 0.2) is 0 Å². The lowest BCUT2D eigenvalue weighted by Gasteiger charge is -2.18. The summed E-state index contributed by atoms with van der Waals surface area (Å²) in [7, 11) is 0. The summed E-state index contributed by atoms with van der Waals surface area (Å²) in [4.78, 5) is 10.7. The number of carbonyl (C=O) groups is 1. The van der Waals surface area contributed by atoms with Crippen LogP contribution in [0.1, 0.15) is 17.2 Å². The number of hydrogen-bond donors (Lipinski definition) is 1. The number of amides is 1. The first-order chi connectivity index (χ1) is 8.33. The van der Waals surface area contributed by atoms with Crippen LogP contribution in [-0.4, -0.2) is 6.41 Å². The van der Waals surface area contributed by atoms with Crippen LogP contribution in [0.4, 0.5) is 0 Å². The van der Waals surface area contributed by atoms with Crippen molar-refractivity contribution in [3.05, 3.63) is 70.2 Å². The third-order valence-corrected chi connectivity index (χ3v) is 3.31. The monoisotopic (exact) mass is 289 g/mol. The van der Waals surface area contributed by atoms with E-state index < -0.39 is 0 Å². The fourth-order valence-electron chi connectivity index (χ4n) is 1.79. The SMILES string of the molecule is O=CN[C@@H](c1ccccc1)c1ccccc1Br. The summed E-state index contributed by atoms with van der Waals surface area (Å²) in [5.74, 6) is 0. The maximum absolute atomic E-state index is 10.7. The molecule has 2 rings (SSSR count). The van der Waals surface area contributed by atoms with Crippen LogP contribution in [-0.2, 0) is 4.79 Å². The van der Waals surface area contributed by atoms with Gasteiger partial charge in [0.25, 0.3) is 0 Å². The Morgan fingerprint density at radius 1 is 1.00 bits per heavy atom. The summed E-state index contributed by atoms with van der Waals surface area (Å²) < 4.78 is 0.989. The largest absolute Gasteiger partial charge is 0.348 e. The molecule has 1 atom stereocenters. The van der Waals surface area contributed by atoms with Crippen molar-refractivity contribution in [2.24, 2.45) is 0 Å². The van der Waals surface area contributed by atoms with Gasteiger partial charge in [0, 0.05) is 4.47 Å². The first kappa shape index (κ1) is 11.9. The van der Waals surface area contributed by atoms with Gasteiger partial charge in [0.1, 0.15) is 0 Å². The highest BCUT2D eigenvalue weighted by Gasteiger charge is 2.14. The Bertz CT molecular complexity index is 499. The minimum atomic E-state index is -0.121. The zero-order valence-electron chi connectivity index (χ0n) is 9.14. The maximum atomic E-state index is 10.7. The molecule has 2 aromatic carbocycles. The van der Waals surface area contributed by atoms with Gasteiger partial charge in [0.05, 0.1) is 6.04 Å². The Hall–Kier alpha value is -1.61. The lowest BCUT2D eigenvalue weighted by atomic mass is 9.99. The summed E-state index contributed by atoms with van der Waals surface area (Å²) >= 11 is 3.51. The van der Waals surface area contributed by atoms with Crippen molar-refractivity contribution in [1.82, 2.24) is 5.32 Å². The van der Waals surface area contributed by atoms with E-state index in [4.69, 9.17) is 0 Å². The Kier molecular flexibility index (Phi) is 3.94. The van der Waals surface area contributed by atoms with Crippen molar-refractivity contribution >= 4 is 22.3 Å². The molecule has 2 aromatic rings. The number of benzene rings is 2. The van der Waals surface area contributed by atoms with Crippen molar-refractivity contribution in [3.63, 3.8) is 0 Å². The summed E-state index contributed by atoms with van der Waals surface area (Å²) in [6.07, 6.45) is 0.733. The van der Waals surface area contributed by atoms with Crippen LogP contribution >= 0.6 is 15.9 Å². The molecule has 86 valence electrons. The normalized spacial score (nSPS) is 11.8. The summed E-state index contributed by atoms with van der Waals surface area (Å²) in [6.45, 7) is 0. The average molecular weight is 290 g/mol. The lowest BCUT2D eigenvalue weighted by Crippen LogP contribution is -2.20. The average Bonchev–Trinajstić information content (AvgIpc) is 2.38. The molecule has 0 unspecified atom stereocenters. The maximum Gasteiger partial charge on any atom is 0.207 e. The highest BCUT2D eigenvalue weighted by molar-refractivity contribution is 9.10. The van der Waals surface area contributed by atoms with Crippen LogP contribution < -0.4 is 5.32 Å². The van der Waals surface area contributed by atoms with E-state index in [1.807, 2.05) is 54.6 Å². The Morgan fingerprint density at radius 2 is 1.65 bits per heavy atom. The van der Waals surface area contributed by atoms with Crippen molar-refractivity contribution < 1.29 is 4.79 Å². The number of hydrogen-bond acceptors (Lipinski definition) is 1. The molecule has 1 N–H and O–H groups in total. The van der Waals surface area contributed by atoms with Crippen LogP contribution in [0, 0.1) is 0 Å². The van der Waals surface area contributed by atoms with Gasteiger partial charge < -0.3 is 5.32 Å². The second-order valence-electron chi connectivity index (χ2n) is 3.65. The van der Waals surface area contributed by atoms with Gasteiger partial charge in [-0.25, -0.2) is 0 Å². The standard InChI is InChI=1S/C14H12BrNO/c15-13-9-5-4-8-12(13)14(16-10-17)11-6-2-1-3-7-11/h1-10,14H,(H,16,17)/t14-/m0/s1. The third-order valence-electron chi connectivity index (χ3n) is 2.58. The van der Waals surface area contributed by atoms with Crippen LogP contribution in [0.2, 0.25) is 0 Å². The van der Waals surface area contributed by atoms with E-state index in [0.717, 1.165) is 22.0 Å². The molecule has 3 heteroatoms. The van der Waals surface area contributed by atoms with Crippen molar-refractivity contribution in [2.75, 3.05) is 0 Å². The molecule has 0 saturated carbocycles. The van der Waals surface area contributed by atoms with Gasteiger partial charge >= 0.3 is 0 Å². The molecule has 0 saturated heterocycles. The predicted octanol–water partition coefficient (Wildman–Crippen LogP) is 3.28. The first-order valence-electron chi connectivity index (χ1n) is 5.32. The van der Waals surface area contributed by atoms with Gasteiger partial charge in [-0.3, -0.25) is 4.79 Å². The number of nitrogens with one attached hydrogen (secondary N) is 1. The van der Waals surface area contributed by atoms with E-state index in [9.17, 15) is 4.79 Å². The van der Waals surface area contributed by atoms with E-state index in [1.54, 1.807) is 0 Å². The zero-order valence-corrected chi connectivity index (χ0v) is 10.7. The molecule has 0 aliphatic carbocycles. The van der Waals surface area contributed by atoms with Crippen molar-refractivity contribution in [1.29, 1.82) is 0 Å². The molecule has 0 bridgehead atoms. The topological polar surface area (TPSA) is 29.1 Å². The minimum Gasteiger partial charge on any atom is -0.348 e. The highest BCUT2D eigenvalue weighted by Crippen LogP contribution is 2.27. The molecule has 0 aromatic heterocycles. The molecule has 0 radical (unpaired) electrons. The van der Waals surface area contributed by atoms with Gasteiger partial charge in [0.2, 0.25) is 6.41 Å². The fraction of sp³-hybridized carbons (Fsp3) is 0.0714. The van der Waals surface area contributed by atoms with Crippen LogP contribution in [0.15, 0.2) is 59.1 Å². The van der Waals surface area contributed by atoms with Crippen molar-refractivity contribution in [2.45, 2.75) is 6.04 Å². The second kappa shape index (κ2) is 5.64. The van der Waals surface area contributed by atoms with Crippen LogP contribution in [0.5, 0.6) is 0 Å². The van der Waals surface area contributed by atoms with E-state index >= 15 is 0 Å². The molecule has 2 nitrogen and oxygen atoms in total. The number of halogens is 1. The molecule has 17 heavy (non-hydrogen) atoms. The van der Waals surface area contributed by atoms with Gasteiger partial charge in [-0.05, 0) is 17.2 Å². The molecule has 0 aliphatic rings. The quantitative estimate of drug-likeness (QED) is 0.860. The summed E-state index contributed by atoms with van der Waals surface area (Å²) in [5.41, 5.74) is 2.11. The Morgan fingerprint density at radius 3 is 2.29 bits per heavy atom. The van der Waals surface area contributed by atoms with E-state index in [-0.39, 0.29) is 6.04 Å². The predicted molar refractivity (Wildman–Crippen MR) is 71.6 cm³/mol. The molecule has 0 fully saturated rings. The van der Waals surface area contributed by atoms with Crippen LogP contribution in [0.25, 0.3) is 0 Å². The lowest BCUT2D eigenvalue weighted by molar-refractivity contribution is -0.110. The zero-order chi connectivity index (χ0) is 12.1. The number of carbonyl (C=O) groups excluding carboxylic acids is 1. The van der Waals surface area contributed by atoms with E-state index in [0.29, 0.717) is 0 Å². The fourth-order valence-corrected chi connectivity index (χ4v) is 2.30. The Balaban J connectivity index is 2.43. The Labute approximate surface area is 109 Å². The molecule has 0 aliphatic heterocycles. The molecular formula is C14H12BrNO. The van der Waals surface area contributed by atoms with Crippen molar-refractivity contribution in [3.8, 4) is 0 Å². The molecular weight excluding hydrogens is 278 g/mol. The van der Waals surface area contributed by atoms with E-state index in [2.05, 4.69) is 21.2 Å². The number of rotatable bonds is 4. The van der Waals surface area contributed by atoms with Crippen LogP contribution in [0.3, 0.4) is 0 Å².